The molecule has 0 unspecified atom stereocenters. The van der Waals surface area contributed by atoms with Gasteiger partial charge in [-0.05, 0) is 25.8 Å². The zero-order chi connectivity index (χ0) is 19.7. The van der Waals surface area contributed by atoms with Crippen LogP contribution in [0.3, 0.4) is 0 Å². The summed E-state index contributed by atoms with van der Waals surface area (Å²) in [4.78, 5) is 26.0. The molecule has 26 heavy (non-hydrogen) atoms. The number of carbonyl (C=O) groups is 2. The molecule has 1 aromatic rings. The summed E-state index contributed by atoms with van der Waals surface area (Å²) < 4.78 is 11.0. The molecule has 0 saturated carbocycles. The van der Waals surface area contributed by atoms with E-state index in [0.717, 1.165) is 37.2 Å². The molecule has 0 radical (unpaired) electrons. The number of aliphatic carboxylic acids is 2. The van der Waals surface area contributed by atoms with E-state index in [1.165, 1.54) is 0 Å². The summed E-state index contributed by atoms with van der Waals surface area (Å²) in [5, 5.41) is 15.6. The second-order valence-corrected chi connectivity index (χ2v) is 6.32. The van der Waals surface area contributed by atoms with Crippen LogP contribution in [-0.2, 0) is 16.0 Å². The van der Waals surface area contributed by atoms with Crippen LogP contribution in [0.15, 0.2) is 22.6 Å². The number of rotatable bonds is 6. The first kappa shape index (κ1) is 21.4. The van der Waals surface area contributed by atoms with Gasteiger partial charge in [-0.1, -0.05) is 19.9 Å². The van der Waals surface area contributed by atoms with Crippen molar-refractivity contribution >= 4 is 17.5 Å². The summed E-state index contributed by atoms with van der Waals surface area (Å²) in [6, 6.07) is 0. The molecule has 1 aromatic heterocycles. The Morgan fingerprint density at radius 2 is 1.96 bits per heavy atom. The quantitative estimate of drug-likeness (QED) is 0.738. The first-order chi connectivity index (χ1) is 12.2. The fourth-order valence-electron chi connectivity index (χ4n) is 2.34. The van der Waals surface area contributed by atoms with Crippen LogP contribution >= 0.6 is 0 Å². The third-order valence-electron chi connectivity index (χ3n) is 3.43. The summed E-state index contributed by atoms with van der Waals surface area (Å²) in [5.41, 5.74) is 2.09. The molecule has 0 bridgehead atoms. The minimum atomic E-state index is -1.26. The highest BCUT2D eigenvalue weighted by Gasteiger charge is 2.20. The van der Waals surface area contributed by atoms with Crippen LogP contribution in [0, 0.1) is 5.92 Å². The van der Waals surface area contributed by atoms with E-state index in [1.807, 2.05) is 0 Å². The molecule has 0 spiro atoms. The molecule has 8 nitrogen and oxygen atoms in total. The monoisotopic (exact) mass is 366 g/mol. The van der Waals surface area contributed by atoms with E-state index >= 15 is 0 Å². The van der Waals surface area contributed by atoms with E-state index in [9.17, 15) is 9.59 Å². The molecular weight excluding hydrogens is 340 g/mol. The summed E-state index contributed by atoms with van der Waals surface area (Å²) in [6.07, 6.45) is 5.26. The fourth-order valence-corrected chi connectivity index (χ4v) is 2.34. The van der Waals surface area contributed by atoms with Gasteiger partial charge in [0.15, 0.2) is 0 Å². The number of likely N-dealkylation sites (N-methyl/N-ethyl adjacent to an activating group) is 1. The van der Waals surface area contributed by atoms with Crippen LogP contribution in [0.25, 0.3) is 5.57 Å². The SMILES string of the molecule is COc1oc(C2=CCCN(C)C2)nc1CC(C)C.O=C(O)C=CC(=O)O. The Balaban J connectivity index is 0.000000359. The van der Waals surface area contributed by atoms with Crippen molar-refractivity contribution < 1.29 is 29.0 Å². The van der Waals surface area contributed by atoms with E-state index in [-0.39, 0.29) is 0 Å². The second-order valence-electron chi connectivity index (χ2n) is 6.32. The van der Waals surface area contributed by atoms with E-state index in [0.29, 0.717) is 29.9 Å². The lowest BCUT2D eigenvalue weighted by atomic mass is 10.1. The lowest BCUT2D eigenvalue weighted by molar-refractivity contribution is -0.134. The van der Waals surface area contributed by atoms with Crippen molar-refractivity contribution in [2.45, 2.75) is 26.7 Å². The molecule has 1 aliphatic rings. The Morgan fingerprint density at radius 1 is 1.35 bits per heavy atom. The highest BCUT2D eigenvalue weighted by molar-refractivity contribution is 5.89. The van der Waals surface area contributed by atoms with Gasteiger partial charge in [0, 0.05) is 30.8 Å². The molecule has 2 heterocycles. The molecule has 0 atom stereocenters. The zero-order valence-corrected chi connectivity index (χ0v) is 15.6. The molecule has 2 N–H and O–H groups in total. The lowest BCUT2D eigenvalue weighted by Crippen LogP contribution is -2.25. The third-order valence-corrected chi connectivity index (χ3v) is 3.43. The van der Waals surface area contributed by atoms with Crippen LogP contribution < -0.4 is 4.74 Å². The highest BCUT2D eigenvalue weighted by Crippen LogP contribution is 2.28. The number of nitrogens with zero attached hydrogens (tertiary/aromatic N) is 2. The first-order valence-electron chi connectivity index (χ1n) is 8.28. The van der Waals surface area contributed by atoms with Crippen molar-refractivity contribution in [3.8, 4) is 5.95 Å². The van der Waals surface area contributed by atoms with Crippen molar-refractivity contribution in [2.24, 2.45) is 5.92 Å². The van der Waals surface area contributed by atoms with Gasteiger partial charge in [-0.25, -0.2) is 14.6 Å². The van der Waals surface area contributed by atoms with Crippen molar-refractivity contribution in [1.82, 2.24) is 9.88 Å². The Bertz CT molecular complexity index is 659. The topological polar surface area (TPSA) is 113 Å². The van der Waals surface area contributed by atoms with Crippen LogP contribution in [0.1, 0.15) is 31.9 Å². The number of oxazole rings is 1. The smallest absolute Gasteiger partial charge is 0.328 e. The Morgan fingerprint density at radius 3 is 2.42 bits per heavy atom. The molecule has 0 fully saturated rings. The summed E-state index contributed by atoms with van der Waals surface area (Å²) in [7, 11) is 3.75. The normalized spacial score (nSPS) is 14.7. The van der Waals surface area contributed by atoms with E-state index in [1.54, 1.807) is 7.11 Å². The van der Waals surface area contributed by atoms with E-state index in [2.05, 4.69) is 36.9 Å². The van der Waals surface area contributed by atoms with Crippen molar-refractivity contribution in [3.63, 3.8) is 0 Å². The zero-order valence-electron chi connectivity index (χ0n) is 15.6. The number of methoxy groups -OCH3 is 1. The van der Waals surface area contributed by atoms with Crippen LogP contribution in [-0.4, -0.2) is 59.3 Å². The second kappa shape index (κ2) is 10.4. The largest absolute Gasteiger partial charge is 0.478 e. The van der Waals surface area contributed by atoms with Gasteiger partial charge in [-0.2, -0.15) is 0 Å². The van der Waals surface area contributed by atoms with Gasteiger partial charge in [-0.3, -0.25) is 0 Å². The summed E-state index contributed by atoms with van der Waals surface area (Å²) in [5.74, 6) is -0.693. The van der Waals surface area contributed by atoms with Crippen LogP contribution in [0.4, 0.5) is 0 Å². The summed E-state index contributed by atoms with van der Waals surface area (Å²) >= 11 is 0. The van der Waals surface area contributed by atoms with Gasteiger partial charge in [0.05, 0.1) is 7.11 Å². The maximum atomic E-state index is 9.55. The maximum absolute atomic E-state index is 9.55. The molecule has 0 saturated heterocycles. The minimum absolute atomic E-state index is 0.542. The molecule has 8 heteroatoms. The predicted octanol–water partition coefficient (Wildman–Crippen LogP) is 2.31. The van der Waals surface area contributed by atoms with E-state index in [4.69, 9.17) is 19.4 Å². The van der Waals surface area contributed by atoms with E-state index < -0.39 is 11.9 Å². The average molecular weight is 366 g/mol. The van der Waals surface area contributed by atoms with Crippen LogP contribution in [0.2, 0.25) is 0 Å². The Kier molecular flexibility index (Phi) is 8.57. The van der Waals surface area contributed by atoms with Crippen molar-refractivity contribution in [2.75, 3.05) is 27.2 Å². The van der Waals surface area contributed by atoms with Crippen molar-refractivity contribution in [3.05, 3.63) is 29.8 Å². The standard InChI is InChI=1S/C14H22N2O2.C4H4O4/c1-10(2)8-12-14(17-4)18-13(15-12)11-6-5-7-16(3)9-11;5-3(6)1-2-4(7)8/h6,10H,5,7-9H2,1-4H3;1-2H,(H,5,6)(H,7,8). The highest BCUT2D eigenvalue weighted by atomic mass is 16.6. The summed E-state index contributed by atoms with van der Waals surface area (Å²) in [6.45, 7) is 6.33. The molecular formula is C18H26N2O6. The number of hydrogen-bond donors (Lipinski definition) is 2. The minimum Gasteiger partial charge on any atom is -0.478 e. The molecule has 2 rings (SSSR count). The van der Waals surface area contributed by atoms with Gasteiger partial charge < -0.3 is 24.3 Å². The number of ether oxygens (including phenoxy) is 1. The van der Waals surface area contributed by atoms with Gasteiger partial charge in [0.1, 0.15) is 5.69 Å². The maximum Gasteiger partial charge on any atom is 0.328 e. The Hall–Kier alpha value is -2.61. The first-order valence-corrected chi connectivity index (χ1v) is 8.28. The number of carboxylic acids is 2. The van der Waals surface area contributed by atoms with Crippen LogP contribution in [0.5, 0.6) is 5.95 Å². The molecule has 0 aromatic carbocycles. The Labute approximate surface area is 152 Å². The van der Waals surface area contributed by atoms with Crippen molar-refractivity contribution in [1.29, 1.82) is 0 Å². The van der Waals surface area contributed by atoms with Gasteiger partial charge >= 0.3 is 17.9 Å². The lowest BCUT2D eigenvalue weighted by Gasteiger charge is -2.20. The number of carboxylic acid groups (broad SMARTS) is 2. The predicted molar refractivity (Wildman–Crippen MR) is 96.1 cm³/mol. The molecule has 144 valence electrons. The molecule has 1 aliphatic heterocycles. The van der Waals surface area contributed by atoms with Gasteiger partial charge in [0.2, 0.25) is 5.89 Å². The van der Waals surface area contributed by atoms with Gasteiger partial charge in [-0.15, -0.1) is 0 Å². The average Bonchev–Trinajstić information content (AvgIpc) is 2.96. The third kappa shape index (κ3) is 7.52. The number of aromatic nitrogens is 1. The fraction of sp³-hybridized carbons (Fsp3) is 0.500. The van der Waals surface area contributed by atoms with Gasteiger partial charge in [0.25, 0.3) is 0 Å². The molecule has 0 amide bonds. The molecule has 0 aliphatic carbocycles. The number of hydrogen-bond acceptors (Lipinski definition) is 6.